The van der Waals surface area contributed by atoms with E-state index in [4.69, 9.17) is 14.6 Å². The third-order valence-corrected chi connectivity index (χ3v) is 2.51. The number of benzene rings is 1. The summed E-state index contributed by atoms with van der Waals surface area (Å²) >= 11 is 0. The van der Waals surface area contributed by atoms with Crippen LogP contribution in [0.2, 0.25) is 0 Å². The van der Waals surface area contributed by atoms with Gasteiger partial charge in [-0.15, -0.1) is 0 Å². The molecule has 0 amide bonds. The molecule has 0 radical (unpaired) electrons. The first-order chi connectivity index (χ1) is 8.31. The zero-order valence-electron chi connectivity index (χ0n) is 10.7. The second-order valence-electron chi connectivity index (χ2n) is 3.81. The third-order valence-electron chi connectivity index (χ3n) is 2.51. The van der Waals surface area contributed by atoms with E-state index in [0.29, 0.717) is 13.2 Å². The van der Waals surface area contributed by atoms with E-state index in [1.165, 1.54) is 5.56 Å². The minimum atomic E-state index is -0.267. The fraction of sp³-hybridized carbons (Fsp3) is 0.571. The summed E-state index contributed by atoms with van der Waals surface area (Å²) in [5, 5.41) is 8.77. The smallest absolute Gasteiger partial charge is 0.183 e. The zero-order chi connectivity index (χ0) is 12.5. The molecule has 0 aromatic heterocycles. The molecular weight excluding hydrogens is 216 g/mol. The van der Waals surface area contributed by atoms with E-state index in [1.807, 2.05) is 26.0 Å². The molecule has 96 valence electrons. The fourth-order valence-corrected chi connectivity index (χ4v) is 1.67. The Hall–Kier alpha value is -0.900. The average molecular weight is 238 g/mol. The minimum absolute atomic E-state index is 0.238. The molecule has 3 heteroatoms. The summed E-state index contributed by atoms with van der Waals surface area (Å²) in [7, 11) is 0. The normalized spacial score (nSPS) is 11.1. The van der Waals surface area contributed by atoms with Crippen molar-refractivity contribution in [2.24, 2.45) is 0 Å². The molecule has 1 aromatic rings. The number of aryl methyl sites for hydroxylation is 1. The van der Waals surface area contributed by atoms with Crippen molar-refractivity contribution in [3.8, 4) is 0 Å². The molecule has 0 saturated heterocycles. The lowest BCUT2D eigenvalue weighted by atomic mass is 10.1. The van der Waals surface area contributed by atoms with Gasteiger partial charge < -0.3 is 14.6 Å². The maximum atomic E-state index is 8.77. The Balaban J connectivity index is 2.63. The van der Waals surface area contributed by atoms with Crippen molar-refractivity contribution in [1.29, 1.82) is 0 Å². The maximum absolute atomic E-state index is 8.77. The summed E-state index contributed by atoms with van der Waals surface area (Å²) < 4.78 is 11.1. The molecule has 0 atom stereocenters. The van der Waals surface area contributed by atoms with Gasteiger partial charge in [0.25, 0.3) is 0 Å². The maximum Gasteiger partial charge on any atom is 0.183 e. The van der Waals surface area contributed by atoms with Gasteiger partial charge in [-0.25, -0.2) is 0 Å². The van der Waals surface area contributed by atoms with Gasteiger partial charge in [0.05, 0.1) is 0 Å². The summed E-state index contributed by atoms with van der Waals surface area (Å²) in [4.78, 5) is 0. The summed E-state index contributed by atoms with van der Waals surface area (Å²) in [5.41, 5.74) is 2.27. The topological polar surface area (TPSA) is 38.7 Å². The monoisotopic (exact) mass is 238 g/mol. The molecule has 1 rings (SSSR count). The van der Waals surface area contributed by atoms with Gasteiger partial charge in [0.2, 0.25) is 0 Å². The van der Waals surface area contributed by atoms with E-state index in [2.05, 4.69) is 12.1 Å². The van der Waals surface area contributed by atoms with E-state index < -0.39 is 0 Å². The Labute approximate surface area is 103 Å². The molecule has 3 nitrogen and oxygen atoms in total. The van der Waals surface area contributed by atoms with Crippen LogP contribution in [0.15, 0.2) is 24.3 Å². The first kappa shape index (κ1) is 14.2. The van der Waals surface area contributed by atoms with Crippen molar-refractivity contribution in [1.82, 2.24) is 0 Å². The van der Waals surface area contributed by atoms with Gasteiger partial charge in [-0.1, -0.05) is 24.3 Å². The second-order valence-corrected chi connectivity index (χ2v) is 3.81. The van der Waals surface area contributed by atoms with Gasteiger partial charge in [0, 0.05) is 25.4 Å². The Morgan fingerprint density at radius 1 is 1.06 bits per heavy atom. The van der Waals surface area contributed by atoms with Crippen LogP contribution in [0.4, 0.5) is 0 Å². The van der Waals surface area contributed by atoms with Crippen molar-refractivity contribution in [2.75, 3.05) is 19.8 Å². The van der Waals surface area contributed by atoms with Gasteiger partial charge in [-0.05, 0) is 32.3 Å². The highest BCUT2D eigenvalue weighted by atomic mass is 16.7. The van der Waals surface area contributed by atoms with Crippen molar-refractivity contribution >= 4 is 0 Å². The quantitative estimate of drug-likeness (QED) is 0.708. The van der Waals surface area contributed by atoms with Crippen molar-refractivity contribution < 1.29 is 14.6 Å². The largest absolute Gasteiger partial charge is 0.396 e. The van der Waals surface area contributed by atoms with Crippen LogP contribution in [0.3, 0.4) is 0 Å². The van der Waals surface area contributed by atoms with Crippen LogP contribution in [0.5, 0.6) is 0 Å². The highest BCUT2D eigenvalue weighted by molar-refractivity contribution is 5.23. The predicted octanol–water partition coefficient (Wildman–Crippen LogP) is 2.68. The highest BCUT2D eigenvalue weighted by Crippen LogP contribution is 2.19. The van der Waals surface area contributed by atoms with Crippen molar-refractivity contribution in [3.63, 3.8) is 0 Å². The molecule has 0 saturated carbocycles. The molecule has 0 aliphatic carbocycles. The van der Waals surface area contributed by atoms with Crippen LogP contribution >= 0.6 is 0 Å². The molecule has 0 bridgehead atoms. The Morgan fingerprint density at radius 3 is 2.12 bits per heavy atom. The van der Waals surface area contributed by atoms with Crippen LogP contribution in [-0.2, 0) is 15.9 Å². The second kappa shape index (κ2) is 8.23. The summed E-state index contributed by atoms with van der Waals surface area (Å²) in [6, 6.07) is 8.19. The van der Waals surface area contributed by atoms with E-state index >= 15 is 0 Å². The van der Waals surface area contributed by atoms with E-state index in [0.717, 1.165) is 18.4 Å². The predicted molar refractivity (Wildman–Crippen MR) is 67.8 cm³/mol. The lowest BCUT2D eigenvalue weighted by Gasteiger charge is -2.17. The molecule has 0 unspecified atom stereocenters. The van der Waals surface area contributed by atoms with Crippen LogP contribution in [-0.4, -0.2) is 24.9 Å². The van der Waals surface area contributed by atoms with Crippen molar-refractivity contribution in [2.45, 2.75) is 33.0 Å². The molecule has 1 N–H and O–H groups in total. The zero-order valence-corrected chi connectivity index (χ0v) is 10.7. The van der Waals surface area contributed by atoms with Gasteiger partial charge in [-0.3, -0.25) is 0 Å². The Bertz CT molecular complexity index is 289. The van der Waals surface area contributed by atoms with E-state index in [9.17, 15) is 0 Å². The SMILES string of the molecule is CCOC(OCC)c1ccc(CCCO)cc1. The molecular formula is C14H22O3. The number of rotatable bonds is 8. The van der Waals surface area contributed by atoms with Crippen LogP contribution in [0.25, 0.3) is 0 Å². The molecule has 0 aliphatic rings. The molecule has 0 spiro atoms. The summed E-state index contributed by atoms with van der Waals surface area (Å²) in [5.74, 6) is 0. The minimum Gasteiger partial charge on any atom is -0.396 e. The van der Waals surface area contributed by atoms with Gasteiger partial charge in [-0.2, -0.15) is 0 Å². The number of aliphatic hydroxyl groups excluding tert-OH is 1. The molecule has 0 heterocycles. The van der Waals surface area contributed by atoms with E-state index in [-0.39, 0.29) is 12.9 Å². The van der Waals surface area contributed by atoms with Crippen LogP contribution < -0.4 is 0 Å². The van der Waals surface area contributed by atoms with Crippen molar-refractivity contribution in [3.05, 3.63) is 35.4 Å². The van der Waals surface area contributed by atoms with Crippen LogP contribution in [0, 0.1) is 0 Å². The van der Waals surface area contributed by atoms with Gasteiger partial charge in [0.15, 0.2) is 6.29 Å². The number of hydrogen-bond donors (Lipinski definition) is 1. The van der Waals surface area contributed by atoms with E-state index in [1.54, 1.807) is 0 Å². The Morgan fingerprint density at radius 2 is 1.65 bits per heavy atom. The highest BCUT2D eigenvalue weighted by Gasteiger charge is 2.10. The van der Waals surface area contributed by atoms with Gasteiger partial charge in [0.1, 0.15) is 0 Å². The first-order valence-corrected chi connectivity index (χ1v) is 6.24. The molecule has 17 heavy (non-hydrogen) atoms. The first-order valence-electron chi connectivity index (χ1n) is 6.24. The third kappa shape index (κ3) is 4.86. The lowest BCUT2D eigenvalue weighted by molar-refractivity contribution is -0.140. The molecule has 1 aromatic carbocycles. The van der Waals surface area contributed by atoms with Crippen LogP contribution in [0.1, 0.15) is 37.7 Å². The number of ether oxygens (including phenoxy) is 2. The summed E-state index contributed by atoms with van der Waals surface area (Å²) in [6.07, 6.45) is 1.45. The number of hydrogen-bond acceptors (Lipinski definition) is 3. The molecule has 0 fully saturated rings. The fourth-order valence-electron chi connectivity index (χ4n) is 1.67. The number of aliphatic hydroxyl groups is 1. The lowest BCUT2D eigenvalue weighted by Crippen LogP contribution is -2.08. The summed E-state index contributed by atoms with van der Waals surface area (Å²) in [6.45, 7) is 5.43. The Kier molecular flexibility index (Phi) is 6.86. The molecule has 0 aliphatic heterocycles. The standard InChI is InChI=1S/C14H22O3/c1-3-16-14(17-4-2)13-9-7-12(8-10-13)6-5-11-15/h7-10,14-15H,3-6,11H2,1-2H3. The van der Waals surface area contributed by atoms with Gasteiger partial charge >= 0.3 is 0 Å². The average Bonchev–Trinajstić information content (AvgIpc) is 2.37.